The minimum absolute atomic E-state index is 0.248. The molecule has 0 unspecified atom stereocenters. The molecule has 0 saturated heterocycles. The molecule has 0 aliphatic heterocycles. The van der Waals surface area contributed by atoms with Gasteiger partial charge in [0.15, 0.2) is 0 Å². The summed E-state index contributed by atoms with van der Waals surface area (Å²) in [7, 11) is 0. The molecule has 7 heteroatoms. The molecule has 0 radical (unpaired) electrons. The van der Waals surface area contributed by atoms with Gasteiger partial charge in [-0.25, -0.2) is 0 Å². The summed E-state index contributed by atoms with van der Waals surface area (Å²) in [5, 5.41) is 10.9. The molecule has 0 heterocycles. The molecule has 102 valence electrons. The normalized spacial score (nSPS) is 11.8. The zero-order valence-electron chi connectivity index (χ0n) is 10.1. The van der Waals surface area contributed by atoms with Gasteiger partial charge >= 0.3 is 6.18 Å². The fraction of sp³-hybridized carbons (Fsp3) is 0.333. The summed E-state index contributed by atoms with van der Waals surface area (Å²) < 4.78 is 38.7. The minimum atomic E-state index is -4.59. The molecule has 1 N–H and O–H groups in total. The van der Waals surface area contributed by atoms with Gasteiger partial charge in [-0.1, -0.05) is 15.9 Å². The van der Waals surface area contributed by atoms with Gasteiger partial charge in [-0.3, -0.25) is 4.79 Å². The SMILES string of the molecule is CC(C)(C#N)C(=O)Nc1ccc(Br)cc1C(F)(F)F. The van der Waals surface area contributed by atoms with Crippen molar-refractivity contribution in [3.8, 4) is 6.07 Å². The van der Waals surface area contributed by atoms with Gasteiger partial charge < -0.3 is 5.32 Å². The maximum atomic E-state index is 12.8. The predicted octanol–water partition coefficient (Wildman–Crippen LogP) is 3.96. The molecule has 0 atom stereocenters. The molecule has 1 aromatic rings. The van der Waals surface area contributed by atoms with Crippen LogP contribution in [0.15, 0.2) is 22.7 Å². The third-order valence-corrected chi connectivity index (χ3v) is 2.88. The van der Waals surface area contributed by atoms with Gasteiger partial charge in [0, 0.05) is 4.47 Å². The monoisotopic (exact) mass is 334 g/mol. The van der Waals surface area contributed by atoms with Gasteiger partial charge in [0.2, 0.25) is 5.91 Å². The molecule has 0 bridgehead atoms. The highest BCUT2D eigenvalue weighted by atomic mass is 79.9. The summed E-state index contributed by atoms with van der Waals surface area (Å²) in [5.41, 5.74) is -2.75. The Morgan fingerprint density at radius 1 is 1.37 bits per heavy atom. The van der Waals surface area contributed by atoms with Gasteiger partial charge in [-0.05, 0) is 32.0 Å². The summed E-state index contributed by atoms with van der Waals surface area (Å²) in [5.74, 6) is -0.789. The lowest BCUT2D eigenvalue weighted by molar-refractivity contribution is -0.137. The van der Waals surface area contributed by atoms with E-state index in [1.807, 2.05) is 0 Å². The number of rotatable bonds is 2. The highest BCUT2D eigenvalue weighted by molar-refractivity contribution is 9.10. The molecule has 1 amide bonds. The van der Waals surface area contributed by atoms with Crippen LogP contribution in [0.4, 0.5) is 18.9 Å². The Kier molecular flexibility index (Phi) is 4.25. The molecule has 0 aliphatic carbocycles. The molecule has 1 aromatic carbocycles. The lowest BCUT2D eigenvalue weighted by atomic mass is 9.94. The van der Waals surface area contributed by atoms with Crippen molar-refractivity contribution >= 4 is 27.5 Å². The molecule has 0 fully saturated rings. The van der Waals surface area contributed by atoms with E-state index in [-0.39, 0.29) is 10.2 Å². The van der Waals surface area contributed by atoms with Crippen LogP contribution >= 0.6 is 15.9 Å². The van der Waals surface area contributed by atoms with E-state index in [4.69, 9.17) is 5.26 Å². The first-order valence-electron chi connectivity index (χ1n) is 5.17. The van der Waals surface area contributed by atoms with Crippen molar-refractivity contribution in [2.45, 2.75) is 20.0 Å². The zero-order valence-corrected chi connectivity index (χ0v) is 11.7. The first-order valence-corrected chi connectivity index (χ1v) is 5.96. The van der Waals surface area contributed by atoms with Gasteiger partial charge in [0.05, 0.1) is 17.3 Å². The number of halogens is 4. The van der Waals surface area contributed by atoms with Crippen molar-refractivity contribution < 1.29 is 18.0 Å². The molecule has 0 spiro atoms. The van der Waals surface area contributed by atoms with Crippen LogP contribution in [-0.4, -0.2) is 5.91 Å². The zero-order chi connectivity index (χ0) is 14.8. The first kappa shape index (κ1) is 15.5. The third-order valence-electron chi connectivity index (χ3n) is 2.38. The van der Waals surface area contributed by atoms with Crippen molar-refractivity contribution in [2.24, 2.45) is 5.41 Å². The Morgan fingerprint density at radius 2 is 1.95 bits per heavy atom. The molecule has 1 rings (SSSR count). The van der Waals surface area contributed by atoms with Crippen molar-refractivity contribution in [3.05, 3.63) is 28.2 Å². The quantitative estimate of drug-likeness (QED) is 0.890. The second kappa shape index (κ2) is 5.21. The fourth-order valence-corrected chi connectivity index (χ4v) is 1.55. The lowest BCUT2D eigenvalue weighted by Crippen LogP contribution is -2.30. The summed E-state index contributed by atoms with van der Waals surface area (Å²) >= 11 is 2.94. The smallest absolute Gasteiger partial charge is 0.324 e. The summed E-state index contributed by atoms with van der Waals surface area (Å²) in [4.78, 5) is 11.7. The predicted molar refractivity (Wildman–Crippen MR) is 67.2 cm³/mol. The molecule has 0 saturated carbocycles. The molecule has 19 heavy (non-hydrogen) atoms. The van der Waals surface area contributed by atoms with E-state index < -0.39 is 23.1 Å². The van der Waals surface area contributed by atoms with Crippen molar-refractivity contribution in [1.82, 2.24) is 0 Å². The summed E-state index contributed by atoms with van der Waals surface area (Å²) in [6.07, 6.45) is -4.59. The number of carbonyl (C=O) groups excluding carboxylic acids is 1. The maximum Gasteiger partial charge on any atom is 0.418 e. The van der Waals surface area contributed by atoms with Gasteiger partial charge in [-0.15, -0.1) is 0 Å². The van der Waals surface area contributed by atoms with Crippen molar-refractivity contribution in [1.29, 1.82) is 5.26 Å². The van der Waals surface area contributed by atoms with Gasteiger partial charge in [0.25, 0.3) is 0 Å². The second-order valence-electron chi connectivity index (χ2n) is 4.38. The second-order valence-corrected chi connectivity index (χ2v) is 5.29. The molecule has 0 aromatic heterocycles. The average Bonchev–Trinajstić information content (AvgIpc) is 2.30. The topological polar surface area (TPSA) is 52.9 Å². The third kappa shape index (κ3) is 3.70. The number of anilines is 1. The van der Waals surface area contributed by atoms with Crippen LogP contribution in [0.3, 0.4) is 0 Å². The minimum Gasteiger partial charge on any atom is -0.324 e. The van der Waals surface area contributed by atoms with E-state index in [1.165, 1.54) is 19.9 Å². The number of nitrogens with one attached hydrogen (secondary N) is 1. The number of carbonyl (C=O) groups is 1. The van der Waals surface area contributed by atoms with Crippen LogP contribution in [0.2, 0.25) is 0 Å². The molecular weight excluding hydrogens is 325 g/mol. The largest absolute Gasteiger partial charge is 0.418 e. The number of amides is 1. The average molecular weight is 335 g/mol. The molecule has 3 nitrogen and oxygen atoms in total. The number of hydrogen-bond donors (Lipinski definition) is 1. The standard InChI is InChI=1S/C12H10BrF3N2O/c1-11(2,6-17)10(19)18-9-4-3-7(13)5-8(9)12(14,15)16/h3-5H,1-2H3,(H,18,19). The van der Waals surface area contributed by atoms with Crippen LogP contribution in [0.5, 0.6) is 0 Å². The van der Waals surface area contributed by atoms with Crippen LogP contribution in [0.1, 0.15) is 19.4 Å². The Hall–Kier alpha value is -1.55. The Balaban J connectivity index is 3.17. The van der Waals surface area contributed by atoms with E-state index in [0.717, 1.165) is 12.1 Å². The highest BCUT2D eigenvalue weighted by Gasteiger charge is 2.35. The lowest BCUT2D eigenvalue weighted by Gasteiger charge is -2.18. The Bertz CT molecular complexity index is 547. The Morgan fingerprint density at radius 3 is 2.42 bits per heavy atom. The van der Waals surface area contributed by atoms with Gasteiger partial charge in [0.1, 0.15) is 5.41 Å². The van der Waals surface area contributed by atoms with E-state index >= 15 is 0 Å². The van der Waals surface area contributed by atoms with Crippen LogP contribution < -0.4 is 5.32 Å². The van der Waals surface area contributed by atoms with Crippen LogP contribution in [0.25, 0.3) is 0 Å². The molecular formula is C12H10BrF3N2O. The number of nitriles is 1. The number of alkyl halides is 3. The summed E-state index contributed by atoms with van der Waals surface area (Å²) in [6, 6.07) is 5.11. The molecule has 0 aliphatic rings. The fourth-order valence-electron chi connectivity index (χ4n) is 1.19. The highest BCUT2D eigenvalue weighted by Crippen LogP contribution is 2.37. The maximum absolute atomic E-state index is 12.8. The van der Waals surface area contributed by atoms with E-state index in [1.54, 1.807) is 6.07 Å². The van der Waals surface area contributed by atoms with Crippen molar-refractivity contribution in [2.75, 3.05) is 5.32 Å². The van der Waals surface area contributed by atoms with E-state index in [2.05, 4.69) is 21.2 Å². The van der Waals surface area contributed by atoms with E-state index in [0.29, 0.717) is 0 Å². The Labute approximate surface area is 116 Å². The first-order chi connectivity index (χ1) is 8.58. The number of hydrogen-bond acceptors (Lipinski definition) is 2. The van der Waals surface area contributed by atoms with Crippen LogP contribution in [0, 0.1) is 16.7 Å². The van der Waals surface area contributed by atoms with Crippen LogP contribution in [-0.2, 0) is 11.0 Å². The summed E-state index contributed by atoms with van der Waals surface area (Å²) in [6.45, 7) is 2.66. The number of benzene rings is 1. The number of nitrogens with zero attached hydrogens (tertiary/aromatic N) is 1. The van der Waals surface area contributed by atoms with Gasteiger partial charge in [-0.2, -0.15) is 18.4 Å². The van der Waals surface area contributed by atoms with Crippen molar-refractivity contribution in [3.63, 3.8) is 0 Å². The van der Waals surface area contributed by atoms with E-state index in [9.17, 15) is 18.0 Å².